The van der Waals surface area contributed by atoms with Gasteiger partial charge >= 0.3 is 0 Å². The van der Waals surface area contributed by atoms with Crippen molar-refractivity contribution >= 4 is 0 Å². The van der Waals surface area contributed by atoms with Crippen LogP contribution in [0.2, 0.25) is 0 Å². The van der Waals surface area contributed by atoms with E-state index in [4.69, 9.17) is 4.74 Å². The molecule has 0 aromatic carbocycles. The Balaban J connectivity index is 1.86. The lowest BCUT2D eigenvalue weighted by atomic mass is 10.1. The predicted molar refractivity (Wildman–Crippen MR) is 44.6 cm³/mol. The van der Waals surface area contributed by atoms with Crippen molar-refractivity contribution in [2.45, 2.75) is 31.9 Å². The minimum absolute atomic E-state index is 0.552. The third-order valence-corrected chi connectivity index (χ3v) is 2.92. The van der Waals surface area contributed by atoms with Crippen molar-refractivity contribution in [1.29, 1.82) is 0 Å². The molecule has 1 heterocycles. The molecule has 2 aliphatic rings. The van der Waals surface area contributed by atoms with Crippen molar-refractivity contribution in [1.82, 2.24) is 4.90 Å². The molecule has 2 fully saturated rings. The molecule has 2 atom stereocenters. The lowest BCUT2D eigenvalue weighted by Gasteiger charge is -2.35. The smallest absolute Gasteiger partial charge is 0.0730 e. The van der Waals surface area contributed by atoms with Crippen molar-refractivity contribution in [2.24, 2.45) is 5.92 Å². The molecule has 2 nitrogen and oxygen atoms in total. The lowest BCUT2D eigenvalue weighted by molar-refractivity contribution is -0.0579. The molecule has 2 heteroatoms. The number of ether oxygens (including phenoxy) is 1. The van der Waals surface area contributed by atoms with E-state index in [0.29, 0.717) is 12.1 Å². The minimum atomic E-state index is 0.552. The van der Waals surface area contributed by atoms with Crippen LogP contribution in [0.1, 0.15) is 19.8 Å². The largest absolute Gasteiger partial charge is 0.375 e. The maximum atomic E-state index is 5.74. The lowest BCUT2D eigenvalue weighted by Crippen LogP contribution is -2.46. The van der Waals surface area contributed by atoms with Crippen LogP contribution in [0, 0.1) is 5.92 Å². The average molecular weight is 155 g/mol. The molecule has 0 bridgehead atoms. The molecule has 0 aromatic rings. The van der Waals surface area contributed by atoms with Crippen LogP contribution in [0.15, 0.2) is 0 Å². The highest BCUT2D eigenvalue weighted by Gasteiger charge is 2.35. The Morgan fingerprint density at radius 2 is 2.09 bits per heavy atom. The average Bonchev–Trinajstić information content (AvgIpc) is 2.77. The first-order valence-corrected chi connectivity index (χ1v) is 4.59. The van der Waals surface area contributed by atoms with E-state index >= 15 is 0 Å². The monoisotopic (exact) mass is 155 g/mol. The standard InChI is InChI=1S/C9H17NO/c1-7-6-11-9(5-10(7)2)8-3-4-8/h7-9H,3-6H2,1-2H3. The second-order valence-corrected chi connectivity index (χ2v) is 4.00. The van der Waals surface area contributed by atoms with Gasteiger partial charge in [0.15, 0.2) is 0 Å². The number of likely N-dealkylation sites (N-methyl/N-ethyl adjacent to an activating group) is 1. The zero-order chi connectivity index (χ0) is 7.84. The van der Waals surface area contributed by atoms with Gasteiger partial charge in [0.1, 0.15) is 0 Å². The van der Waals surface area contributed by atoms with Crippen molar-refractivity contribution in [3.05, 3.63) is 0 Å². The summed E-state index contributed by atoms with van der Waals surface area (Å²) in [4.78, 5) is 2.41. The summed E-state index contributed by atoms with van der Waals surface area (Å²) in [7, 11) is 2.20. The maximum Gasteiger partial charge on any atom is 0.0730 e. The van der Waals surface area contributed by atoms with Gasteiger partial charge in [-0.25, -0.2) is 0 Å². The van der Waals surface area contributed by atoms with Crippen molar-refractivity contribution in [2.75, 3.05) is 20.2 Å². The first kappa shape index (κ1) is 7.56. The second kappa shape index (κ2) is 2.76. The molecule has 0 aromatic heterocycles. The first-order chi connectivity index (χ1) is 5.27. The third kappa shape index (κ3) is 1.57. The summed E-state index contributed by atoms with van der Waals surface area (Å²) < 4.78 is 5.74. The van der Waals surface area contributed by atoms with Gasteiger partial charge in [0.2, 0.25) is 0 Å². The van der Waals surface area contributed by atoms with Gasteiger partial charge in [-0.2, -0.15) is 0 Å². The van der Waals surface area contributed by atoms with Gasteiger partial charge in [-0.15, -0.1) is 0 Å². The Labute approximate surface area is 68.5 Å². The van der Waals surface area contributed by atoms with Crippen LogP contribution in [-0.4, -0.2) is 37.2 Å². The SMILES string of the molecule is CC1COC(C2CC2)CN1C. The van der Waals surface area contributed by atoms with Gasteiger partial charge in [-0.05, 0) is 32.7 Å². The van der Waals surface area contributed by atoms with Crippen molar-refractivity contribution < 1.29 is 4.74 Å². The molecule has 2 unspecified atom stereocenters. The minimum Gasteiger partial charge on any atom is -0.375 e. The van der Waals surface area contributed by atoms with E-state index in [2.05, 4.69) is 18.9 Å². The predicted octanol–water partition coefficient (Wildman–Crippen LogP) is 1.12. The summed E-state index contributed by atoms with van der Waals surface area (Å²) in [6.07, 6.45) is 3.34. The highest BCUT2D eigenvalue weighted by Crippen LogP contribution is 2.35. The Morgan fingerprint density at radius 1 is 1.36 bits per heavy atom. The quantitative estimate of drug-likeness (QED) is 0.562. The highest BCUT2D eigenvalue weighted by atomic mass is 16.5. The van der Waals surface area contributed by atoms with Gasteiger partial charge in [-0.3, -0.25) is 4.90 Å². The van der Waals surface area contributed by atoms with Crippen LogP contribution in [0.5, 0.6) is 0 Å². The van der Waals surface area contributed by atoms with Gasteiger partial charge in [0, 0.05) is 12.6 Å². The Hall–Kier alpha value is -0.0800. The van der Waals surface area contributed by atoms with Gasteiger partial charge in [0.05, 0.1) is 12.7 Å². The van der Waals surface area contributed by atoms with Crippen LogP contribution in [0.25, 0.3) is 0 Å². The Kier molecular flexibility index (Phi) is 1.90. The fourth-order valence-corrected chi connectivity index (χ4v) is 1.66. The summed E-state index contributed by atoms with van der Waals surface area (Å²) in [6.45, 7) is 4.30. The van der Waals surface area contributed by atoms with E-state index in [-0.39, 0.29) is 0 Å². The number of hydrogen-bond donors (Lipinski definition) is 0. The van der Waals surface area contributed by atoms with Crippen LogP contribution >= 0.6 is 0 Å². The molecule has 64 valence electrons. The normalized spacial score (nSPS) is 40.9. The number of rotatable bonds is 1. The van der Waals surface area contributed by atoms with Crippen LogP contribution < -0.4 is 0 Å². The highest BCUT2D eigenvalue weighted by molar-refractivity contribution is 4.87. The number of nitrogens with zero attached hydrogens (tertiary/aromatic N) is 1. The molecular weight excluding hydrogens is 138 g/mol. The van der Waals surface area contributed by atoms with E-state index in [0.717, 1.165) is 19.1 Å². The molecule has 1 aliphatic carbocycles. The molecule has 2 rings (SSSR count). The van der Waals surface area contributed by atoms with Crippen LogP contribution in [0.4, 0.5) is 0 Å². The fraction of sp³-hybridized carbons (Fsp3) is 1.00. The number of hydrogen-bond acceptors (Lipinski definition) is 2. The molecule has 11 heavy (non-hydrogen) atoms. The van der Waals surface area contributed by atoms with E-state index in [1.54, 1.807) is 0 Å². The van der Waals surface area contributed by atoms with E-state index in [1.807, 2.05) is 0 Å². The van der Waals surface area contributed by atoms with Crippen molar-refractivity contribution in [3.8, 4) is 0 Å². The molecule has 1 aliphatic heterocycles. The first-order valence-electron chi connectivity index (χ1n) is 4.59. The molecule has 0 N–H and O–H groups in total. The fourth-order valence-electron chi connectivity index (χ4n) is 1.66. The second-order valence-electron chi connectivity index (χ2n) is 4.00. The molecule has 1 saturated carbocycles. The summed E-state index contributed by atoms with van der Waals surface area (Å²) in [5, 5.41) is 0. The van der Waals surface area contributed by atoms with Gasteiger partial charge in [0.25, 0.3) is 0 Å². The van der Waals surface area contributed by atoms with E-state index < -0.39 is 0 Å². The zero-order valence-corrected chi connectivity index (χ0v) is 7.42. The van der Waals surface area contributed by atoms with E-state index in [9.17, 15) is 0 Å². The van der Waals surface area contributed by atoms with Crippen LogP contribution in [0.3, 0.4) is 0 Å². The van der Waals surface area contributed by atoms with Crippen molar-refractivity contribution in [3.63, 3.8) is 0 Å². The summed E-state index contributed by atoms with van der Waals surface area (Å²) >= 11 is 0. The summed E-state index contributed by atoms with van der Waals surface area (Å²) in [5.41, 5.74) is 0. The van der Waals surface area contributed by atoms with Gasteiger partial charge in [-0.1, -0.05) is 0 Å². The van der Waals surface area contributed by atoms with Gasteiger partial charge < -0.3 is 4.74 Å². The molecule has 0 spiro atoms. The molecular formula is C9H17NO. The third-order valence-electron chi connectivity index (χ3n) is 2.92. The summed E-state index contributed by atoms with van der Waals surface area (Å²) in [6, 6.07) is 0.616. The summed E-state index contributed by atoms with van der Waals surface area (Å²) in [5.74, 6) is 0.893. The van der Waals surface area contributed by atoms with Crippen LogP contribution in [-0.2, 0) is 4.74 Å². The zero-order valence-electron chi connectivity index (χ0n) is 7.42. The molecule has 0 radical (unpaired) electrons. The molecule has 1 saturated heterocycles. The Morgan fingerprint density at radius 3 is 2.64 bits per heavy atom. The number of morpholine rings is 1. The Bertz CT molecular complexity index is 144. The molecule has 0 amide bonds. The van der Waals surface area contributed by atoms with E-state index in [1.165, 1.54) is 12.8 Å². The topological polar surface area (TPSA) is 12.5 Å². The maximum absolute atomic E-state index is 5.74.